The first kappa shape index (κ1) is 30.4. The maximum Gasteiger partial charge on any atom is 0.326 e. The molecule has 14 heteroatoms. The molecule has 0 fully saturated rings. The van der Waals surface area contributed by atoms with Gasteiger partial charge in [-0.05, 0) is 51.2 Å². The van der Waals surface area contributed by atoms with Gasteiger partial charge in [0.25, 0.3) is 0 Å². The van der Waals surface area contributed by atoms with E-state index in [1.165, 1.54) is 31.2 Å². The standard InChI is InChI=1S/C21H37N7O6S/c1-12(29)17(20(32)27-16(21(33)34)5-3-4-7-22)28-19(31)15(6-8-35-2)26-18(30)14(23)9-13-10-24-11-25-13/h10-12,14-17,29H,3-9,22-23H2,1-2H3,(H,24,25)(H,26,30)(H,27,32)(H,28,31)(H,33,34). The molecule has 1 aromatic heterocycles. The van der Waals surface area contributed by atoms with Crippen molar-refractivity contribution in [1.82, 2.24) is 25.9 Å². The number of nitrogens with one attached hydrogen (secondary N) is 4. The lowest BCUT2D eigenvalue weighted by Gasteiger charge is -2.26. The molecule has 0 saturated heterocycles. The monoisotopic (exact) mass is 515 g/mol. The molecule has 1 aromatic rings. The number of unbranched alkanes of at least 4 members (excludes halogenated alkanes) is 1. The molecule has 3 amide bonds. The molecule has 0 aliphatic carbocycles. The highest BCUT2D eigenvalue weighted by molar-refractivity contribution is 7.98. The molecule has 0 saturated carbocycles. The SMILES string of the molecule is CSCCC(NC(=O)C(N)Cc1cnc[nH]1)C(=O)NC(C(=O)NC(CCCCN)C(=O)O)C(C)O. The van der Waals surface area contributed by atoms with E-state index in [-0.39, 0.29) is 19.3 Å². The number of carboxylic acids is 1. The number of carboxylic acid groups (broad SMARTS) is 1. The molecule has 5 unspecified atom stereocenters. The van der Waals surface area contributed by atoms with Crippen molar-refractivity contribution in [3.8, 4) is 0 Å². The minimum Gasteiger partial charge on any atom is -0.480 e. The number of nitrogens with two attached hydrogens (primary N) is 2. The van der Waals surface area contributed by atoms with E-state index in [1.54, 1.807) is 0 Å². The van der Waals surface area contributed by atoms with E-state index < -0.39 is 54.0 Å². The van der Waals surface area contributed by atoms with Gasteiger partial charge in [0.2, 0.25) is 17.7 Å². The van der Waals surface area contributed by atoms with Crippen LogP contribution in [0.1, 0.15) is 38.3 Å². The first-order chi connectivity index (χ1) is 16.6. The van der Waals surface area contributed by atoms with E-state index in [0.717, 1.165) is 0 Å². The molecule has 0 radical (unpaired) electrons. The second kappa shape index (κ2) is 16.1. The minimum atomic E-state index is -1.42. The van der Waals surface area contributed by atoms with Crippen molar-refractivity contribution in [3.63, 3.8) is 0 Å². The molecular weight excluding hydrogens is 478 g/mol. The second-order valence-corrected chi connectivity index (χ2v) is 9.13. The summed E-state index contributed by atoms with van der Waals surface area (Å²) in [4.78, 5) is 56.5. The van der Waals surface area contributed by atoms with E-state index in [0.29, 0.717) is 30.8 Å². The molecule has 0 aliphatic rings. The van der Waals surface area contributed by atoms with Gasteiger partial charge in [-0.15, -0.1) is 0 Å². The Kier molecular flexibility index (Phi) is 13.9. The number of amides is 3. The van der Waals surface area contributed by atoms with Crippen molar-refractivity contribution in [1.29, 1.82) is 0 Å². The quantitative estimate of drug-likeness (QED) is 0.107. The Bertz CT molecular complexity index is 808. The summed E-state index contributed by atoms with van der Waals surface area (Å²) >= 11 is 1.46. The van der Waals surface area contributed by atoms with E-state index >= 15 is 0 Å². The predicted octanol–water partition coefficient (Wildman–Crippen LogP) is -1.92. The molecular formula is C21H37N7O6S. The zero-order valence-electron chi connectivity index (χ0n) is 20.0. The number of hydrogen-bond donors (Lipinski definition) is 8. The average Bonchev–Trinajstić information content (AvgIpc) is 3.31. The summed E-state index contributed by atoms with van der Waals surface area (Å²) in [5.41, 5.74) is 12.0. The molecule has 0 spiro atoms. The largest absolute Gasteiger partial charge is 0.480 e. The Balaban J connectivity index is 2.85. The van der Waals surface area contributed by atoms with Gasteiger partial charge in [0, 0.05) is 18.3 Å². The van der Waals surface area contributed by atoms with Gasteiger partial charge in [0.1, 0.15) is 18.1 Å². The summed E-state index contributed by atoms with van der Waals surface area (Å²) in [6.45, 7) is 1.69. The Hall–Kier alpha value is -2.68. The van der Waals surface area contributed by atoms with Crippen LogP contribution < -0.4 is 27.4 Å². The normalized spacial score (nSPS) is 15.3. The number of aromatic nitrogens is 2. The molecule has 5 atom stereocenters. The average molecular weight is 516 g/mol. The molecule has 0 bridgehead atoms. The third kappa shape index (κ3) is 11.1. The molecule has 35 heavy (non-hydrogen) atoms. The fourth-order valence-corrected chi connectivity index (χ4v) is 3.65. The van der Waals surface area contributed by atoms with Crippen molar-refractivity contribution in [2.24, 2.45) is 11.5 Å². The van der Waals surface area contributed by atoms with E-state index in [1.807, 2.05) is 6.26 Å². The van der Waals surface area contributed by atoms with Gasteiger partial charge >= 0.3 is 5.97 Å². The Morgan fingerprint density at radius 1 is 1.09 bits per heavy atom. The van der Waals surface area contributed by atoms with Gasteiger partial charge in [-0.1, -0.05) is 0 Å². The number of aromatic amines is 1. The van der Waals surface area contributed by atoms with Gasteiger partial charge in [0.15, 0.2) is 0 Å². The van der Waals surface area contributed by atoms with Crippen LogP contribution in [0.3, 0.4) is 0 Å². The summed E-state index contributed by atoms with van der Waals surface area (Å²) in [5.74, 6) is -2.81. The molecule has 198 valence electrons. The number of carbonyl (C=O) groups is 4. The number of thioether (sulfide) groups is 1. The highest BCUT2D eigenvalue weighted by Gasteiger charge is 2.32. The number of carbonyl (C=O) groups excluding carboxylic acids is 3. The van der Waals surface area contributed by atoms with Crippen LogP contribution in [0.2, 0.25) is 0 Å². The van der Waals surface area contributed by atoms with Gasteiger partial charge in [-0.3, -0.25) is 14.4 Å². The number of nitrogens with zero attached hydrogens (tertiary/aromatic N) is 1. The fourth-order valence-electron chi connectivity index (χ4n) is 3.18. The zero-order valence-corrected chi connectivity index (χ0v) is 20.8. The molecule has 0 aromatic carbocycles. The van der Waals surface area contributed by atoms with Gasteiger partial charge < -0.3 is 42.6 Å². The number of aliphatic carboxylic acids is 1. The Labute approximate surface area is 208 Å². The lowest BCUT2D eigenvalue weighted by molar-refractivity contribution is -0.143. The van der Waals surface area contributed by atoms with Crippen molar-refractivity contribution in [2.45, 2.75) is 69.3 Å². The van der Waals surface area contributed by atoms with Crippen LogP contribution in [-0.2, 0) is 25.6 Å². The Morgan fingerprint density at radius 2 is 1.77 bits per heavy atom. The number of hydrogen-bond acceptors (Lipinski definition) is 9. The van der Waals surface area contributed by atoms with Crippen molar-refractivity contribution >= 4 is 35.5 Å². The molecule has 0 aliphatic heterocycles. The van der Waals surface area contributed by atoms with Crippen LogP contribution in [-0.4, -0.2) is 92.7 Å². The summed E-state index contributed by atoms with van der Waals surface area (Å²) in [5, 5.41) is 26.9. The van der Waals surface area contributed by atoms with Gasteiger partial charge in [0.05, 0.1) is 18.5 Å². The van der Waals surface area contributed by atoms with Crippen LogP contribution in [0.15, 0.2) is 12.5 Å². The third-order valence-electron chi connectivity index (χ3n) is 5.20. The summed E-state index contributed by atoms with van der Waals surface area (Å²) in [7, 11) is 0. The maximum atomic E-state index is 13.0. The van der Waals surface area contributed by atoms with E-state index in [9.17, 15) is 29.4 Å². The zero-order chi connectivity index (χ0) is 26.4. The fraction of sp³-hybridized carbons (Fsp3) is 0.667. The van der Waals surface area contributed by atoms with E-state index in [4.69, 9.17) is 11.5 Å². The number of imidazole rings is 1. The van der Waals surface area contributed by atoms with Crippen molar-refractivity contribution in [3.05, 3.63) is 18.2 Å². The number of aliphatic hydroxyl groups is 1. The maximum absolute atomic E-state index is 13.0. The topological polar surface area (TPSA) is 226 Å². The highest BCUT2D eigenvalue weighted by atomic mass is 32.2. The summed E-state index contributed by atoms with van der Waals surface area (Å²) < 4.78 is 0. The molecule has 10 N–H and O–H groups in total. The Morgan fingerprint density at radius 3 is 2.31 bits per heavy atom. The second-order valence-electron chi connectivity index (χ2n) is 8.14. The van der Waals surface area contributed by atoms with Crippen molar-refractivity contribution in [2.75, 3.05) is 18.6 Å². The first-order valence-corrected chi connectivity index (χ1v) is 12.7. The van der Waals surface area contributed by atoms with Crippen LogP contribution in [0, 0.1) is 0 Å². The van der Waals surface area contributed by atoms with Crippen LogP contribution in [0.5, 0.6) is 0 Å². The number of aliphatic hydroxyl groups excluding tert-OH is 1. The minimum absolute atomic E-state index is 0.152. The predicted molar refractivity (Wildman–Crippen MR) is 131 cm³/mol. The smallest absolute Gasteiger partial charge is 0.326 e. The molecule has 1 rings (SSSR count). The number of rotatable bonds is 17. The molecule has 13 nitrogen and oxygen atoms in total. The van der Waals surface area contributed by atoms with Crippen LogP contribution in [0.4, 0.5) is 0 Å². The number of H-pyrrole nitrogens is 1. The van der Waals surface area contributed by atoms with Crippen LogP contribution >= 0.6 is 11.8 Å². The lowest BCUT2D eigenvalue weighted by Crippen LogP contribution is -2.60. The van der Waals surface area contributed by atoms with Gasteiger partial charge in [-0.2, -0.15) is 11.8 Å². The molecule has 1 heterocycles. The summed E-state index contributed by atoms with van der Waals surface area (Å²) in [6.07, 6.45) is 5.18. The summed E-state index contributed by atoms with van der Waals surface area (Å²) in [6, 6.07) is -4.58. The highest BCUT2D eigenvalue weighted by Crippen LogP contribution is 2.06. The van der Waals surface area contributed by atoms with E-state index in [2.05, 4.69) is 25.9 Å². The lowest BCUT2D eigenvalue weighted by atomic mass is 10.1. The van der Waals surface area contributed by atoms with Crippen LogP contribution in [0.25, 0.3) is 0 Å². The first-order valence-electron chi connectivity index (χ1n) is 11.3. The van der Waals surface area contributed by atoms with Crippen molar-refractivity contribution < 1.29 is 29.4 Å². The third-order valence-corrected chi connectivity index (χ3v) is 5.84. The van der Waals surface area contributed by atoms with Gasteiger partial charge in [-0.25, -0.2) is 9.78 Å².